The lowest BCUT2D eigenvalue weighted by Gasteiger charge is -2.22. The smallest absolute Gasteiger partial charge is 0.0259 e. The predicted molar refractivity (Wildman–Crippen MR) is 228 cm³/mol. The van der Waals surface area contributed by atoms with Crippen LogP contribution in [0.3, 0.4) is 0 Å². The lowest BCUT2D eigenvalue weighted by molar-refractivity contribution is 0.977. The van der Waals surface area contributed by atoms with Crippen molar-refractivity contribution < 1.29 is 0 Å². The Hall–Kier alpha value is -6.50. The van der Waals surface area contributed by atoms with Crippen LogP contribution in [0.4, 0.5) is 0 Å². The van der Waals surface area contributed by atoms with E-state index in [1.165, 1.54) is 94.6 Å². The lowest BCUT2D eigenvalue weighted by atomic mass is 9.81. The van der Waals surface area contributed by atoms with E-state index in [9.17, 15) is 0 Å². The molecule has 0 aromatic heterocycles. The standard InChI is InChI=1S/C54H42/c1-37-27-31-43(32-28-37)51(44-33-29-38(2)30-34-44)50-36-48-49(54(50)52(40-19-9-4-10-20-40)41-21-11-5-12-22-41)35-47(39-17-7-3-8-18-39)45-25-15-16-26-46(45)53(48)42-23-13-6-14-24-42/h3-35,49H,36H2,1-2H3. The van der Waals surface area contributed by atoms with Crippen LogP contribution in [0.25, 0.3) is 22.3 Å². The van der Waals surface area contributed by atoms with E-state index < -0.39 is 0 Å². The van der Waals surface area contributed by atoms with Gasteiger partial charge in [-0.3, -0.25) is 0 Å². The van der Waals surface area contributed by atoms with Gasteiger partial charge in [0.1, 0.15) is 0 Å². The first-order chi connectivity index (χ1) is 26.6. The second-order valence-electron chi connectivity index (χ2n) is 14.5. The van der Waals surface area contributed by atoms with E-state index in [1.807, 2.05) is 0 Å². The van der Waals surface area contributed by atoms with Gasteiger partial charge in [-0.1, -0.05) is 211 Å². The average Bonchev–Trinajstić information content (AvgIpc) is 3.50. The van der Waals surface area contributed by atoms with Crippen LogP contribution in [0.1, 0.15) is 62.1 Å². The van der Waals surface area contributed by atoms with E-state index in [0.717, 1.165) is 6.42 Å². The molecule has 7 aromatic rings. The van der Waals surface area contributed by atoms with Gasteiger partial charge < -0.3 is 0 Å². The highest BCUT2D eigenvalue weighted by Crippen LogP contribution is 2.56. The Bertz CT molecular complexity index is 2470. The van der Waals surface area contributed by atoms with Gasteiger partial charge in [0.15, 0.2) is 0 Å². The molecule has 7 aromatic carbocycles. The molecular formula is C54H42. The zero-order valence-electron chi connectivity index (χ0n) is 30.8. The molecule has 1 unspecified atom stereocenters. The van der Waals surface area contributed by atoms with Crippen molar-refractivity contribution in [1.82, 2.24) is 0 Å². The van der Waals surface area contributed by atoms with Gasteiger partial charge in [0, 0.05) is 5.92 Å². The molecule has 0 amide bonds. The number of hydrogen-bond donors (Lipinski definition) is 0. The largest absolute Gasteiger partial charge is 0.0644 e. The molecule has 0 saturated heterocycles. The molecule has 1 saturated carbocycles. The fourth-order valence-electron chi connectivity index (χ4n) is 8.54. The van der Waals surface area contributed by atoms with E-state index in [-0.39, 0.29) is 5.92 Å². The van der Waals surface area contributed by atoms with Crippen molar-refractivity contribution in [3.8, 4) is 0 Å². The Morgan fingerprint density at radius 1 is 0.407 bits per heavy atom. The monoisotopic (exact) mass is 690 g/mol. The second kappa shape index (κ2) is 14.5. The molecule has 2 aliphatic carbocycles. The number of benzene rings is 7. The van der Waals surface area contributed by atoms with Gasteiger partial charge in [-0.05, 0) is 104 Å². The van der Waals surface area contributed by atoms with Gasteiger partial charge in [0.2, 0.25) is 0 Å². The van der Waals surface area contributed by atoms with E-state index in [0.29, 0.717) is 0 Å². The fourth-order valence-corrected chi connectivity index (χ4v) is 8.54. The molecule has 258 valence electrons. The first-order valence-electron chi connectivity index (χ1n) is 19.0. The Kier molecular flexibility index (Phi) is 8.95. The van der Waals surface area contributed by atoms with Gasteiger partial charge in [-0.15, -0.1) is 0 Å². The summed E-state index contributed by atoms with van der Waals surface area (Å²) >= 11 is 0. The van der Waals surface area contributed by atoms with Crippen LogP contribution in [0.15, 0.2) is 217 Å². The maximum absolute atomic E-state index is 2.59. The van der Waals surface area contributed by atoms with Crippen LogP contribution < -0.4 is 0 Å². The number of fused-ring (bicyclic) bond motifs is 2. The quantitative estimate of drug-likeness (QED) is 0.163. The Balaban J connectivity index is 1.50. The minimum Gasteiger partial charge on any atom is -0.0644 e. The first-order valence-corrected chi connectivity index (χ1v) is 19.0. The highest BCUT2D eigenvalue weighted by Gasteiger charge is 2.39. The lowest BCUT2D eigenvalue weighted by Crippen LogP contribution is -2.05. The molecule has 0 spiro atoms. The average molecular weight is 691 g/mol. The number of allylic oxidation sites excluding steroid dienone is 4. The molecule has 0 radical (unpaired) electrons. The van der Waals surface area contributed by atoms with E-state index >= 15 is 0 Å². The van der Waals surface area contributed by atoms with Crippen molar-refractivity contribution in [1.29, 1.82) is 0 Å². The highest BCUT2D eigenvalue weighted by molar-refractivity contribution is 6.00. The molecule has 0 heteroatoms. The third-order valence-corrected chi connectivity index (χ3v) is 11.0. The maximum atomic E-state index is 2.59. The van der Waals surface area contributed by atoms with Crippen molar-refractivity contribution in [2.45, 2.75) is 20.3 Å². The molecule has 0 aliphatic heterocycles. The maximum Gasteiger partial charge on any atom is 0.0259 e. The Labute approximate surface area is 319 Å². The van der Waals surface area contributed by atoms with Crippen molar-refractivity contribution in [3.05, 3.63) is 273 Å². The van der Waals surface area contributed by atoms with Gasteiger partial charge in [0.25, 0.3) is 0 Å². The first kappa shape index (κ1) is 33.3. The van der Waals surface area contributed by atoms with E-state index in [1.54, 1.807) is 0 Å². The summed E-state index contributed by atoms with van der Waals surface area (Å²) in [4.78, 5) is 0. The van der Waals surface area contributed by atoms with E-state index in [4.69, 9.17) is 0 Å². The van der Waals surface area contributed by atoms with Crippen molar-refractivity contribution in [2.24, 2.45) is 5.92 Å². The molecule has 0 N–H and O–H groups in total. The number of hydrogen-bond acceptors (Lipinski definition) is 0. The zero-order chi connectivity index (χ0) is 36.4. The summed E-state index contributed by atoms with van der Waals surface area (Å²) < 4.78 is 0. The summed E-state index contributed by atoms with van der Waals surface area (Å²) in [5, 5.41) is 0. The SMILES string of the molecule is Cc1ccc(C(=C2CC3=C(c4ccccc4)c4ccccc4C(c4ccccc4)=CC3C2=C(c2ccccc2)c2ccccc2)c2ccc(C)cc2)cc1. The van der Waals surface area contributed by atoms with Crippen molar-refractivity contribution in [2.75, 3.05) is 0 Å². The van der Waals surface area contributed by atoms with Crippen LogP contribution in [-0.4, -0.2) is 0 Å². The summed E-state index contributed by atoms with van der Waals surface area (Å²) in [5.41, 5.74) is 21.8. The minimum absolute atomic E-state index is 0.000814. The van der Waals surface area contributed by atoms with Crippen LogP contribution >= 0.6 is 0 Å². The van der Waals surface area contributed by atoms with Gasteiger partial charge >= 0.3 is 0 Å². The molecular weight excluding hydrogens is 649 g/mol. The molecule has 9 rings (SSSR count). The van der Waals surface area contributed by atoms with Crippen molar-refractivity contribution >= 4 is 22.3 Å². The Morgan fingerprint density at radius 3 is 1.35 bits per heavy atom. The normalized spacial score (nSPS) is 14.9. The highest BCUT2D eigenvalue weighted by atomic mass is 14.4. The molecule has 2 aliphatic rings. The van der Waals surface area contributed by atoms with E-state index in [2.05, 4.69) is 214 Å². The summed E-state index contributed by atoms with van der Waals surface area (Å²) in [6.07, 6.45) is 3.41. The summed E-state index contributed by atoms with van der Waals surface area (Å²) in [7, 11) is 0. The third kappa shape index (κ3) is 6.21. The number of rotatable bonds is 6. The van der Waals surface area contributed by atoms with Crippen LogP contribution in [0, 0.1) is 19.8 Å². The van der Waals surface area contributed by atoms with Crippen molar-refractivity contribution in [3.63, 3.8) is 0 Å². The number of aryl methyl sites for hydroxylation is 2. The van der Waals surface area contributed by atoms with Crippen LogP contribution in [0.2, 0.25) is 0 Å². The molecule has 1 atom stereocenters. The molecule has 0 nitrogen and oxygen atoms in total. The summed E-state index contributed by atoms with van der Waals surface area (Å²) in [6.45, 7) is 4.35. The minimum atomic E-state index is -0.000814. The third-order valence-electron chi connectivity index (χ3n) is 11.0. The summed E-state index contributed by atoms with van der Waals surface area (Å²) in [6, 6.07) is 71.6. The second-order valence-corrected chi connectivity index (χ2v) is 14.5. The molecule has 1 fully saturated rings. The van der Waals surface area contributed by atoms with Crippen LogP contribution in [-0.2, 0) is 0 Å². The van der Waals surface area contributed by atoms with Gasteiger partial charge in [-0.2, -0.15) is 0 Å². The van der Waals surface area contributed by atoms with Gasteiger partial charge in [0.05, 0.1) is 0 Å². The molecule has 0 bridgehead atoms. The molecule has 0 heterocycles. The van der Waals surface area contributed by atoms with Crippen LogP contribution in [0.5, 0.6) is 0 Å². The summed E-state index contributed by atoms with van der Waals surface area (Å²) in [5.74, 6) is -0.000814. The molecule has 54 heavy (non-hydrogen) atoms. The predicted octanol–water partition coefficient (Wildman–Crippen LogP) is 13.6. The zero-order valence-corrected chi connectivity index (χ0v) is 30.8. The topological polar surface area (TPSA) is 0 Å². The Morgan fingerprint density at radius 2 is 0.833 bits per heavy atom. The van der Waals surface area contributed by atoms with Gasteiger partial charge in [-0.25, -0.2) is 0 Å². The fraction of sp³-hybridized carbons (Fsp3) is 0.0741.